The molecule has 1 fully saturated rings. The van der Waals surface area contributed by atoms with E-state index in [2.05, 4.69) is 10.6 Å². The minimum Gasteiger partial charge on any atom is -0.444 e. The zero-order chi connectivity index (χ0) is 21.7. The summed E-state index contributed by atoms with van der Waals surface area (Å²) in [5.74, 6) is -0.371. The van der Waals surface area contributed by atoms with E-state index >= 15 is 0 Å². The van der Waals surface area contributed by atoms with Crippen LogP contribution in [-0.4, -0.2) is 50.0 Å². The molecule has 10 heteroatoms. The van der Waals surface area contributed by atoms with Gasteiger partial charge in [-0.3, -0.25) is 4.79 Å². The summed E-state index contributed by atoms with van der Waals surface area (Å²) in [5, 5.41) is 5.24. The second-order valence-corrected chi connectivity index (χ2v) is 10.2. The normalized spacial score (nSPS) is 15.6. The summed E-state index contributed by atoms with van der Waals surface area (Å²) in [6.45, 7) is 6.25. The van der Waals surface area contributed by atoms with E-state index in [-0.39, 0.29) is 28.8 Å². The van der Waals surface area contributed by atoms with Gasteiger partial charge in [0.05, 0.1) is 5.02 Å². The Bertz CT molecular complexity index is 846. The lowest BCUT2D eigenvalue weighted by Crippen LogP contribution is -2.35. The van der Waals surface area contributed by atoms with Crippen molar-refractivity contribution in [3.8, 4) is 0 Å². The molecule has 0 saturated carbocycles. The standard InChI is InChI=1S/C19H28ClN3O5S/c1-19(2,3)28-18(25)21-10-9-17(24)22-14-7-8-15(20)16(13-14)29(26,27)23-11-5-4-6-12-23/h7-8,13H,4-6,9-12H2,1-3H3,(H,21,25)(H,22,24). The monoisotopic (exact) mass is 445 g/mol. The highest BCUT2D eigenvalue weighted by atomic mass is 35.5. The maximum atomic E-state index is 12.9. The van der Waals surface area contributed by atoms with Crippen molar-refractivity contribution < 1.29 is 22.7 Å². The molecule has 2 rings (SSSR count). The minimum absolute atomic E-state index is 0.01000. The van der Waals surface area contributed by atoms with Crippen molar-refractivity contribution in [2.24, 2.45) is 0 Å². The molecule has 1 heterocycles. The highest BCUT2D eigenvalue weighted by molar-refractivity contribution is 7.89. The van der Waals surface area contributed by atoms with Gasteiger partial charge in [0, 0.05) is 31.7 Å². The van der Waals surface area contributed by atoms with Gasteiger partial charge in [0.25, 0.3) is 0 Å². The summed E-state index contributed by atoms with van der Waals surface area (Å²) in [4.78, 5) is 23.7. The average Bonchev–Trinajstić information content (AvgIpc) is 2.62. The van der Waals surface area contributed by atoms with E-state index in [0.717, 1.165) is 19.3 Å². The molecule has 0 unspecified atom stereocenters. The van der Waals surface area contributed by atoms with Crippen LogP contribution in [0.3, 0.4) is 0 Å². The first-order chi connectivity index (χ1) is 13.5. The van der Waals surface area contributed by atoms with Gasteiger partial charge in [-0.05, 0) is 51.8 Å². The van der Waals surface area contributed by atoms with Crippen LogP contribution in [0.2, 0.25) is 5.02 Å². The molecule has 8 nitrogen and oxygen atoms in total. The Kier molecular flexibility index (Phi) is 7.90. The molecule has 0 radical (unpaired) electrons. The fraction of sp³-hybridized carbons (Fsp3) is 0.579. The number of rotatable bonds is 6. The summed E-state index contributed by atoms with van der Waals surface area (Å²) < 4.78 is 32.3. The molecule has 1 aromatic rings. The Morgan fingerprint density at radius 2 is 1.83 bits per heavy atom. The number of alkyl carbamates (subject to hydrolysis) is 1. The minimum atomic E-state index is -3.72. The van der Waals surface area contributed by atoms with Crippen molar-refractivity contribution in [2.45, 2.75) is 57.0 Å². The Morgan fingerprint density at radius 3 is 2.45 bits per heavy atom. The molecule has 162 valence electrons. The lowest BCUT2D eigenvalue weighted by molar-refractivity contribution is -0.116. The number of carbonyl (C=O) groups is 2. The molecule has 29 heavy (non-hydrogen) atoms. The van der Waals surface area contributed by atoms with Crippen LogP contribution in [0, 0.1) is 0 Å². The lowest BCUT2D eigenvalue weighted by Gasteiger charge is -2.26. The molecular formula is C19H28ClN3O5S. The molecule has 1 aromatic carbocycles. The number of nitrogens with one attached hydrogen (secondary N) is 2. The SMILES string of the molecule is CC(C)(C)OC(=O)NCCC(=O)Nc1ccc(Cl)c(S(=O)(=O)N2CCCCC2)c1. The Labute approximate surface area is 177 Å². The van der Waals surface area contributed by atoms with Gasteiger partial charge in [-0.2, -0.15) is 4.31 Å². The summed E-state index contributed by atoms with van der Waals surface area (Å²) in [6.07, 6.45) is 2.05. The van der Waals surface area contributed by atoms with Crippen molar-refractivity contribution >= 4 is 39.3 Å². The van der Waals surface area contributed by atoms with Crippen molar-refractivity contribution in [2.75, 3.05) is 25.0 Å². The van der Waals surface area contributed by atoms with Gasteiger partial charge in [0.15, 0.2) is 0 Å². The van der Waals surface area contributed by atoms with Crippen LogP contribution in [0.4, 0.5) is 10.5 Å². The van der Waals surface area contributed by atoms with Crippen LogP contribution in [0.5, 0.6) is 0 Å². The van der Waals surface area contributed by atoms with E-state index in [1.807, 2.05) is 0 Å². The molecule has 0 atom stereocenters. The van der Waals surface area contributed by atoms with Crippen molar-refractivity contribution in [3.63, 3.8) is 0 Å². The van der Waals surface area contributed by atoms with Gasteiger partial charge < -0.3 is 15.4 Å². The van der Waals surface area contributed by atoms with E-state index < -0.39 is 21.7 Å². The molecule has 1 aliphatic rings. The number of piperidine rings is 1. The fourth-order valence-electron chi connectivity index (χ4n) is 2.84. The third-order valence-electron chi connectivity index (χ3n) is 4.17. The van der Waals surface area contributed by atoms with Crippen molar-refractivity contribution in [1.29, 1.82) is 0 Å². The number of halogens is 1. The number of carbonyl (C=O) groups excluding carboxylic acids is 2. The Morgan fingerprint density at radius 1 is 1.17 bits per heavy atom. The topological polar surface area (TPSA) is 105 Å². The molecule has 0 bridgehead atoms. The molecule has 0 aromatic heterocycles. The molecule has 2 amide bonds. The van der Waals surface area contributed by atoms with Gasteiger partial charge in [-0.1, -0.05) is 18.0 Å². The second kappa shape index (κ2) is 9.77. The average molecular weight is 446 g/mol. The van der Waals surface area contributed by atoms with E-state index in [9.17, 15) is 18.0 Å². The third-order valence-corrected chi connectivity index (χ3v) is 6.55. The van der Waals surface area contributed by atoms with Crippen LogP contribution < -0.4 is 10.6 Å². The predicted molar refractivity (Wildman–Crippen MR) is 112 cm³/mol. The van der Waals surface area contributed by atoms with Gasteiger partial charge in [0.2, 0.25) is 15.9 Å². The predicted octanol–water partition coefficient (Wildman–Crippen LogP) is 3.37. The maximum absolute atomic E-state index is 12.9. The number of amides is 2. The summed E-state index contributed by atoms with van der Waals surface area (Å²) >= 11 is 6.13. The molecule has 1 saturated heterocycles. The molecule has 1 aliphatic heterocycles. The molecular weight excluding hydrogens is 418 g/mol. The number of sulfonamides is 1. The second-order valence-electron chi connectivity index (χ2n) is 7.84. The van der Waals surface area contributed by atoms with Crippen LogP contribution in [0.1, 0.15) is 46.5 Å². The van der Waals surface area contributed by atoms with Crippen LogP contribution in [0.25, 0.3) is 0 Å². The molecule has 0 aliphatic carbocycles. The number of benzene rings is 1. The first kappa shape index (κ1) is 23.4. The number of hydrogen-bond donors (Lipinski definition) is 2. The highest BCUT2D eigenvalue weighted by Crippen LogP contribution is 2.29. The first-order valence-electron chi connectivity index (χ1n) is 9.55. The fourth-order valence-corrected chi connectivity index (χ4v) is 4.86. The van der Waals surface area contributed by atoms with Gasteiger partial charge in [0.1, 0.15) is 10.5 Å². The number of nitrogens with zero attached hydrogens (tertiary/aromatic N) is 1. The van der Waals surface area contributed by atoms with Crippen LogP contribution in [-0.2, 0) is 19.6 Å². The van der Waals surface area contributed by atoms with E-state index in [0.29, 0.717) is 18.8 Å². The number of ether oxygens (including phenoxy) is 1. The van der Waals surface area contributed by atoms with E-state index in [1.54, 1.807) is 20.8 Å². The number of anilines is 1. The van der Waals surface area contributed by atoms with Crippen molar-refractivity contribution in [3.05, 3.63) is 23.2 Å². The smallest absolute Gasteiger partial charge is 0.407 e. The zero-order valence-electron chi connectivity index (χ0n) is 17.0. The number of hydrogen-bond acceptors (Lipinski definition) is 5. The van der Waals surface area contributed by atoms with Gasteiger partial charge in [-0.15, -0.1) is 0 Å². The van der Waals surface area contributed by atoms with Gasteiger partial charge in [-0.25, -0.2) is 13.2 Å². The van der Waals surface area contributed by atoms with E-state index in [4.69, 9.17) is 16.3 Å². The summed E-state index contributed by atoms with van der Waals surface area (Å²) in [7, 11) is -3.72. The quantitative estimate of drug-likeness (QED) is 0.698. The van der Waals surface area contributed by atoms with E-state index in [1.165, 1.54) is 22.5 Å². The van der Waals surface area contributed by atoms with Crippen LogP contribution in [0.15, 0.2) is 23.1 Å². The largest absolute Gasteiger partial charge is 0.444 e. The van der Waals surface area contributed by atoms with Crippen LogP contribution >= 0.6 is 11.6 Å². The lowest BCUT2D eigenvalue weighted by atomic mass is 10.2. The Balaban J connectivity index is 1.97. The summed E-state index contributed by atoms with van der Waals surface area (Å²) in [5.41, 5.74) is -0.293. The molecule has 0 spiro atoms. The maximum Gasteiger partial charge on any atom is 0.407 e. The molecule has 2 N–H and O–H groups in total. The first-order valence-corrected chi connectivity index (χ1v) is 11.4. The highest BCUT2D eigenvalue weighted by Gasteiger charge is 2.28. The van der Waals surface area contributed by atoms with Crippen molar-refractivity contribution in [1.82, 2.24) is 9.62 Å². The van der Waals surface area contributed by atoms with Gasteiger partial charge >= 0.3 is 6.09 Å². The summed E-state index contributed by atoms with van der Waals surface area (Å²) in [6, 6.07) is 4.36. The third kappa shape index (κ3) is 7.17. The zero-order valence-corrected chi connectivity index (χ0v) is 18.5. The Hall–Kier alpha value is -1.84.